The van der Waals surface area contributed by atoms with E-state index in [1.807, 2.05) is 21.9 Å². The molecule has 1 saturated heterocycles. The molecular weight excluding hydrogens is 328 g/mol. The van der Waals surface area contributed by atoms with Gasteiger partial charge in [-0.1, -0.05) is 38.1 Å². The van der Waals surface area contributed by atoms with Crippen LogP contribution in [-0.4, -0.2) is 54.0 Å². The summed E-state index contributed by atoms with van der Waals surface area (Å²) in [6.45, 7) is 7.33. The van der Waals surface area contributed by atoms with Gasteiger partial charge in [-0.25, -0.2) is 4.79 Å². The first kappa shape index (κ1) is 18.7. The molecule has 1 aromatic rings. The van der Waals surface area contributed by atoms with Crippen LogP contribution in [0, 0.1) is 5.41 Å². The number of hydrogen-bond acceptors (Lipinski definition) is 3. The van der Waals surface area contributed by atoms with Crippen LogP contribution in [-0.2, 0) is 17.8 Å². The fourth-order valence-electron chi connectivity index (χ4n) is 3.80. The average molecular weight is 358 g/mol. The molecule has 0 aliphatic carbocycles. The number of nitrogens with one attached hydrogen (secondary N) is 1. The molecule has 0 spiro atoms. The average Bonchev–Trinajstić information content (AvgIpc) is 2.63. The molecule has 0 bridgehead atoms. The molecule has 2 aliphatic heterocycles. The molecule has 0 aromatic heterocycles. The van der Waals surface area contributed by atoms with E-state index in [1.54, 1.807) is 0 Å². The first-order valence-electron chi connectivity index (χ1n) is 9.50. The summed E-state index contributed by atoms with van der Waals surface area (Å²) in [5, 5.41) is 2.90. The predicted molar refractivity (Wildman–Crippen MR) is 102 cm³/mol. The highest BCUT2D eigenvalue weighted by Crippen LogP contribution is 2.27. The molecule has 6 nitrogen and oxygen atoms in total. The molecule has 2 aliphatic rings. The molecule has 0 saturated carbocycles. The zero-order valence-electron chi connectivity index (χ0n) is 15.8. The van der Waals surface area contributed by atoms with Gasteiger partial charge in [-0.05, 0) is 29.4 Å². The molecule has 2 heterocycles. The fourth-order valence-corrected chi connectivity index (χ4v) is 3.80. The van der Waals surface area contributed by atoms with Gasteiger partial charge in [0.05, 0.1) is 0 Å². The molecule has 1 aromatic carbocycles. The van der Waals surface area contributed by atoms with Gasteiger partial charge in [-0.3, -0.25) is 4.79 Å². The van der Waals surface area contributed by atoms with Crippen LogP contribution in [0.3, 0.4) is 0 Å². The van der Waals surface area contributed by atoms with Crippen molar-refractivity contribution in [1.29, 1.82) is 0 Å². The summed E-state index contributed by atoms with van der Waals surface area (Å²) in [6, 6.07) is 8.28. The Morgan fingerprint density at radius 2 is 1.92 bits per heavy atom. The van der Waals surface area contributed by atoms with Gasteiger partial charge in [0.25, 0.3) is 0 Å². The number of likely N-dealkylation sites (tertiary alicyclic amines) is 1. The Kier molecular flexibility index (Phi) is 5.51. The van der Waals surface area contributed by atoms with Crippen LogP contribution in [0.4, 0.5) is 4.79 Å². The van der Waals surface area contributed by atoms with Crippen LogP contribution in [0.2, 0.25) is 0 Å². The summed E-state index contributed by atoms with van der Waals surface area (Å²) in [4.78, 5) is 28.5. The number of benzene rings is 1. The van der Waals surface area contributed by atoms with Crippen molar-refractivity contribution in [2.45, 2.75) is 45.7 Å². The van der Waals surface area contributed by atoms with E-state index >= 15 is 0 Å². The molecule has 3 rings (SSSR count). The van der Waals surface area contributed by atoms with Crippen molar-refractivity contribution in [2.75, 3.05) is 26.2 Å². The highest BCUT2D eigenvalue weighted by atomic mass is 16.2. The van der Waals surface area contributed by atoms with E-state index in [-0.39, 0.29) is 23.4 Å². The molecular formula is C20H30N4O2. The van der Waals surface area contributed by atoms with Crippen molar-refractivity contribution in [3.8, 4) is 0 Å². The molecule has 0 radical (unpaired) electrons. The second-order valence-corrected chi connectivity index (χ2v) is 8.12. The van der Waals surface area contributed by atoms with E-state index in [0.717, 1.165) is 19.4 Å². The van der Waals surface area contributed by atoms with Gasteiger partial charge in [-0.2, -0.15) is 0 Å². The van der Waals surface area contributed by atoms with E-state index < -0.39 is 0 Å². The number of nitrogens with zero attached hydrogens (tertiary/aromatic N) is 2. The maximum absolute atomic E-state index is 12.4. The Bertz CT molecular complexity index is 674. The molecule has 3 amide bonds. The van der Waals surface area contributed by atoms with E-state index in [9.17, 15) is 9.59 Å². The molecule has 1 atom stereocenters. The maximum Gasteiger partial charge on any atom is 0.317 e. The monoisotopic (exact) mass is 358 g/mol. The highest BCUT2D eigenvalue weighted by Gasteiger charge is 2.35. The lowest BCUT2D eigenvalue weighted by molar-refractivity contribution is -0.134. The van der Waals surface area contributed by atoms with Crippen LogP contribution in [0.15, 0.2) is 24.3 Å². The Balaban J connectivity index is 1.44. The highest BCUT2D eigenvalue weighted by molar-refractivity contribution is 5.78. The summed E-state index contributed by atoms with van der Waals surface area (Å²) >= 11 is 0. The topological polar surface area (TPSA) is 78.7 Å². The zero-order valence-corrected chi connectivity index (χ0v) is 15.8. The Labute approximate surface area is 155 Å². The SMILES string of the molecule is CC1(C)CN(C(=O)CCNC(=O)N2CCc3ccccc3C2)CCC1N. The number of carbonyl (C=O) groups is 2. The van der Waals surface area contributed by atoms with E-state index in [1.165, 1.54) is 11.1 Å². The van der Waals surface area contributed by atoms with Crippen molar-refractivity contribution in [2.24, 2.45) is 11.1 Å². The van der Waals surface area contributed by atoms with Crippen molar-refractivity contribution < 1.29 is 9.59 Å². The third kappa shape index (κ3) is 4.18. The fraction of sp³-hybridized carbons (Fsp3) is 0.600. The lowest BCUT2D eigenvalue weighted by Crippen LogP contribution is -2.54. The quantitative estimate of drug-likeness (QED) is 0.864. The van der Waals surface area contributed by atoms with Crippen molar-refractivity contribution in [3.05, 3.63) is 35.4 Å². The van der Waals surface area contributed by atoms with Gasteiger partial charge in [0.2, 0.25) is 5.91 Å². The minimum absolute atomic E-state index is 0.0572. The van der Waals surface area contributed by atoms with Crippen LogP contribution in [0.25, 0.3) is 0 Å². The minimum Gasteiger partial charge on any atom is -0.342 e. The van der Waals surface area contributed by atoms with Crippen LogP contribution < -0.4 is 11.1 Å². The van der Waals surface area contributed by atoms with E-state index in [4.69, 9.17) is 5.73 Å². The lowest BCUT2D eigenvalue weighted by Gasteiger charge is -2.42. The smallest absolute Gasteiger partial charge is 0.317 e. The molecule has 1 unspecified atom stereocenters. The van der Waals surface area contributed by atoms with Crippen molar-refractivity contribution in [3.63, 3.8) is 0 Å². The van der Waals surface area contributed by atoms with Crippen molar-refractivity contribution in [1.82, 2.24) is 15.1 Å². The molecule has 26 heavy (non-hydrogen) atoms. The first-order chi connectivity index (χ1) is 12.4. The number of nitrogens with two attached hydrogens (primary N) is 1. The maximum atomic E-state index is 12.4. The Morgan fingerprint density at radius 1 is 1.19 bits per heavy atom. The minimum atomic E-state index is -0.0895. The Hall–Kier alpha value is -2.08. The number of amides is 3. The van der Waals surface area contributed by atoms with Gasteiger partial charge in [0.15, 0.2) is 0 Å². The van der Waals surface area contributed by atoms with E-state index in [2.05, 4.69) is 31.3 Å². The molecule has 142 valence electrons. The van der Waals surface area contributed by atoms with Crippen LogP contribution in [0.5, 0.6) is 0 Å². The van der Waals surface area contributed by atoms with Gasteiger partial charge >= 0.3 is 6.03 Å². The third-order valence-electron chi connectivity index (χ3n) is 5.70. The second kappa shape index (κ2) is 7.66. The number of carbonyl (C=O) groups excluding carboxylic acids is 2. The third-order valence-corrected chi connectivity index (χ3v) is 5.70. The Morgan fingerprint density at radius 3 is 2.65 bits per heavy atom. The normalized spacial score (nSPS) is 21.9. The van der Waals surface area contributed by atoms with Gasteiger partial charge in [-0.15, -0.1) is 0 Å². The second-order valence-electron chi connectivity index (χ2n) is 8.12. The summed E-state index contributed by atoms with van der Waals surface area (Å²) < 4.78 is 0. The largest absolute Gasteiger partial charge is 0.342 e. The number of piperidine rings is 1. The molecule has 1 fully saturated rings. The van der Waals surface area contributed by atoms with Crippen molar-refractivity contribution >= 4 is 11.9 Å². The zero-order chi connectivity index (χ0) is 18.7. The summed E-state index contributed by atoms with van der Waals surface area (Å²) in [5.74, 6) is 0.0919. The lowest BCUT2D eigenvalue weighted by atomic mass is 9.79. The first-order valence-corrected chi connectivity index (χ1v) is 9.50. The summed E-state index contributed by atoms with van der Waals surface area (Å²) in [5.41, 5.74) is 8.60. The standard InChI is InChI=1S/C20H30N4O2/c1-20(2)14-24(12-9-17(20)21)18(25)7-10-22-19(26)23-11-8-15-5-3-4-6-16(15)13-23/h3-6,17H,7-14,21H2,1-2H3,(H,22,26). The predicted octanol–water partition coefficient (Wildman–Crippen LogP) is 1.73. The number of urea groups is 1. The summed E-state index contributed by atoms with van der Waals surface area (Å²) in [7, 11) is 0. The summed E-state index contributed by atoms with van der Waals surface area (Å²) in [6.07, 6.45) is 2.05. The van der Waals surface area contributed by atoms with Crippen LogP contribution in [0.1, 0.15) is 37.8 Å². The number of hydrogen-bond donors (Lipinski definition) is 2. The van der Waals surface area contributed by atoms with Crippen LogP contribution >= 0.6 is 0 Å². The number of rotatable bonds is 3. The van der Waals surface area contributed by atoms with E-state index in [0.29, 0.717) is 32.6 Å². The number of fused-ring (bicyclic) bond motifs is 1. The van der Waals surface area contributed by atoms with Gasteiger partial charge < -0.3 is 20.9 Å². The van der Waals surface area contributed by atoms with Gasteiger partial charge in [0.1, 0.15) is 0 Å². The van der Waals surface area contributed by atoms with Gasteiger partial charge in [0, 0.05) is 45.2 Å². The molecule has 6 heteroatoms. The molecule has 3 N–H and O–H groups in total.